The Balaban J connectivity index is 1.52. The van der Waals surface area contributed by atoms with Crippen molar-refractivity contribution in [3.8, 4) is 0 Å². The largest absolute Gasteiger partial charge is 0.374 e. The van der Waals surface area contributed by atoms with Crippen molar-refractivity contribution in [1.29, 1.82) is 0 Å². The van der Waals surface area contributed by atoms with Crippen molar-refractivity contribution in [2.75, 3.05) is 0 Å². The minimum atomic E-state index is 0.289. The van der Waals surface area contributed by atoms with E-state index >= 15 is 0 Å². The molecule has 2 bridgehead atoms. The second-order valence-electron chi connectivity index (χ2n) is 5.91. The molecular weight excluding hydrogens is 266 g/mol. The zero-order chi connectivity index (χ0) is 14.2. The van der Waals surface area contributed by atoms with Crippen molar-refractivity contribution in [3.63, 3.8) is 0 Å². The van der Waals surface area contributed by atoms with Crippen molar-refractivity contribution in [2.45, 2.75) is 50.4 Å². The summed E-state index contributed by atoms with van der Waals surface area (Å²) in [5, 5.41) is 4.17. The second kappa shape index (κ2) is 5.24. The zero-order valence-electron chi connectivity index (χ0n) is 11.9. The lowest BCUT2D eigenvalue weighted by atomic mass is 9.89. The summed E-state index contributed by atoms with van der Waals surface area (Å²) >= 11 is 0. The maximum atomic E-state index is 5.87. The number of nitrogens with zero attached hydrogens (tertiary/aromatic N) is 2. The van der Waals surface area contributed by atoms with E-state index in [1.165, 1.54) is 6.42 Å². The van der Waals surface area contributed by atoms with E-state index in [1.54, 1.807) is 0 Å². The normalized spacial score (nSPS) is 27.4. The average molecular weight is 285 g/mol. The molecule has 2 aromatic rings. The molecule has 5 nitrogen and oxygen atoms in total. The van der Waals surface area contributed by atoms with Crippen molar-refractivity contribution in [3.05, 3.63) is 47.1 Å². The van der Waals surface area contributed by atoms with E-state index < -0.39 is 0 Å². The van der Waals surface area contributed by atoms with Gasteiger partial charge >= 0.3 is 0 Å². The number of nitrogens with two attached hydrogens (primary N) is 1. The third kappa shape index (κ3) is 2.36. The Hall–Kier alpha value is -1.72. The van der Waals surface area contributed by atoms with Crippen LogP contribution in [0.5, 0.6) is 0 Å². The van der Waals surface area contributed by atoms with Crippen LogP contribution in [-0.4, -0.2) is 22.3 Å². The Bertz CT molecular complexity index is 640. The van der Waals surface area contributed by atoms with Crippen LogP contribution in [-0.2, 0) is 17.7 Å². The average Bonchev–Trinajstić information content (AvgIpc) is 3.23. The van der Waals surface area contributed by atoms with Gasteiger partial charge in [0.25, 0.3) is 0 Å². The smallest absolute Gasteiger partial charge is 0.231 e. The SMILES string of the molecule is NCc1ccccc1Cc1nc(C2CC3CCC2O3)no1. The number of ether oxygens (including phenoxy) is 1. The number of rotatable bonds is 4. The highest BCUT2D eigenvalue weighted by atomic mass is 16.5. The van der Waals surface area contributed by atoms with E-state index in [0.29, 0.717) is 30.9 Å². The fourth-order valence-corrected chi connectivity index (χ4v) is 3.49. The molecule has 0 amide bonds. The van der Waals surface area contributed by atoms with Gasteiger partial charge in [-0.05, 0) is 30.4 Å². The molecule has 3 heterocycles. The molecule has 2 fully saturated rings. The Labute approximate surface area is 123 Å². The molecule has 2 aliphatic rings. The zero-order valence-corrected chi connectivity index (χ0v) is 11.9. The van der Waals surface area contributed by atoms with Crippen molar-refractivity contribution in [2.24, 2.45) is 5.73 Å². The van der Waals surface area contributed by atoms with Gasteiger partial charge in [-0.25, -0.2) is 0 Å². The Morgan fingerprint density at radius 1 is 1.19 bits per heavy atom. The molecule has 2 saturated heterocycles. The Kier molecular flexibility index (Phi) is 3.24. The molecule has 3 atom stereocenters. The molecule has 0 saturated carbocycles. The summed E-state index contributed by atoms with van der Waals surface area (Å²) < 4.78 is 11.3. The van der Waals surface area contributed by atoms with Crippen LogP contribution in [0.4, 0.5) is 0 Å². The number of hydrogen-bond donors (Lipinski definition) is 1. The lowest BCUT2D eigenvalue weighted by molar-refractivity contribution is 0.0996. The van der Waals surface area contributed by atoms with Crippen LogP contribution < -0.4 is 5.73 Å². The van der Waals surface area contributed by atoms with Crippen LogP contribution in [0.25, 0.3) is 0 Å². The van der Waals surface area contributed by atoms with E-state index in [4.69, 9.17) is 15.0 Å². The summed E-state index contributed by atoms with van der Waals surface area (Å²) in [5.41, 5.74) is 8.04. The summed E-state index contributed by atoms with van der Waals surface area (Å²) in [6.45, 7) is 0.525. The van der Waals surface area contributed by atoms with Crippen molar-refractivity contribution >= 4 is 0 Å². The highest BCUT2D eigenvalue weighted by Gasteiger charge is 2.43. The molecule has 0 spiro atoms. The molecule has 0 aliphatic carbocycles. The van der Waals surface area contributed by atoms with Crippen LogP contribution >= 0.6 is 0 Å². The van der Waals surface area contributed by atoms with Gasteiger partial charge in [0.05, 0.1) is 24.5 Å². The van der Waals surface area contributed by atoms with E-state index in [9.17, 15) is 0 Å². The first-order valence-corrected chi connectivity index (χ1v) is 7.58. The van der Waals surface area contributed by atoms with E-state index in [1.807, 2.05) is 18.2 Å². The van der Waals surface area contributed by atoms with Gasteiger partial charge in [-0.15, -0.1) is 0 Å². The molecule has 2 N–H and O–H groups in total. The number of fused-ring (bicyclic) bond motifs is 2. The predicted octanol–water partition coefficient (Wildman–Crippen LogP) is 2.15. The summed E-state index contributed by atoms with van der Waals surface area (Å²) in [5.74, 6) is 1.78. The summed E-state index contributed by atoms with van der Waals surface area (Å²) in [6, 6.07) is 8.11. The van der Waals surface area contributed by atoms with Crippen LogP contribution in [0, 0.1) is 0 Å². The second-order valence-corrected chi connectivity index (χ2v) is 5.91. The first kappa shape index (κ1) is 13.0. The fourth-order valence-electron chi connectivity index (χ4n) is 3.49. The minimum absolute atomic E-state index is 0.289. The monoisotopic (exact) mass is 285 g/mol. The molecule has 21 heavy (non-hydrogen) atoms. The highest BCUT2D eigenvalue weighted by Crippen LogP contribution is 2.43. The molecule has 5 heteroatoms. The van der Waals surface area contributed by atoms with Gasteiger partial charge in [-0.2, -0.15) is 4.98 Å². The minimum Gasteiger partial charge on any atom is -0.374 e. The van der Waals surface area contributed by atoms with Gasteiger partial charge in [-0.1, -0.05) is 29.4 Å². The number of hydrogen-bond acceptors (Lipinski definition) is 5. The topological polar surface area (TPSA) is 74.2 Å². The molecule has 110 valence electrons. The third-order valence-electron chi connectivity index (χ3n) is 4.60. The summed E-state index contributed by atoms with van der Waals surface area (Å²) in [6.07, 6.45) is 4.66. The van der Waals surface area contributed by atoms with Gasteiger partial charge in [-0.3, -0.25) is 0 Å². The van der Waals surface area contributed by atoms with Gasteiger partial charge < -0.3 is 15.0 Å². The van der Waals surface area contributed by atoms with Gasteiger partial charge in [0.15, 0.2) is 5.82 Å². The molecule has 1 aromatic carbocycles. The van der Waals surface area contributed by atoms with Gasteiger partial charge in [0, 0.05) is 6.54 Å². The number of benzene rings is 1. The third-order valence-corrected chi connectivity index (χ3v) is 4.60. The van der Waals surface area contributed by atoms with E-state index in [0.717, 1.165) is 29.8 Å². The molecular formula is C16H19N3O2. The molecule has 3 unspecified atom stereocenters. The molecule has 2 aliphatic heterocycles. The highest BCUT2D eigenvalue weighted by molar-refractivity contribution is 5.29. The Morgan fingerprint density at radius 2 is 2.05 bits per heavy atom. The van der Waals surface area contributed by atoms with E-state index in [2.05, 4.69) is 16.2 Å². The van der Waals surface area contributed by atoms with Crippen molar-refractivity contribution < 1.29 is 9.26 Å². The quantitative estimate of drug-likeness (QED) is 0.931. The molecule has 1 aromatic heterocycles. The van der Waals surface area contributed by atoms with Gasteiger partial charge in [0.1, 0.15) is 0 Å². The molecule has 4 rings (SSSR count). The van der Waals surface area contributed by atoms with Crippen LogP contribution in [0.15, 0.2) is 28.8 Å². The van der Waals surface area contributed by atoms with Crippen molar-refractivity contribution in [1.82, 2.24) is 10.1 Å². The lowest BCUT2D eigenvalue weighted by Gasteiger charge is -2.13. The number of aromatic nitrogens is 2. The first-order chi connectivity index (χ1) is 10.3. The predicted molar refractivity (Wildman–Crippen MR) is 76.7 cm³/mol. The van der Waals surface area contributed by atoms with Crippen LogP contribution in [0.1, 0.15) is 48.0 Å². The molecule has 0 radical (unpaired) electrons. The lowest BCUT2D eigenvalue weighted by Crippen LogP contribution is -2.15. The standard InChI is InChI=1S/C16H19N3O2/c17-9-11-4-2-1-3-10(11)7-15-18-16(19-21-15)13-8-12-5-6-14(13)20-12/h1-4,12-14H,5-9,17H2. The maximum Gasteiger partial charge on any atom is 0.231 e. The van der Waals surface area contributed by atoms with Crippen LogP contribution in [0.2, 0.25) is 0 Å². The van der Waals surface area contributed by atoms with Crippen LogP contribution in [0.3, 0.4) is 0 Å². The summed E-state index contributed by atoms with van der Waals surface area (Å²) in [4.78, 5) is 4.58. The van der Waals surface area contributed by atoms with Gasteiger partial charge in [0.2, 0.25) is 5.89 Å². The fraction of sp³-hybridized carbons (Fsp3) is 0.500. The first-order valence-electron chi connectivity index (χ1n) is 7.58. The maximum absolute atomic E-state index is 5.87. The van der Waals surface area contributed by atoms with E-state index in [-0.39, 0.29) is 6.10 Å². The Morgan fingerprint density at radius 3 is 2.76 bits per heavy atom. The summed E-state index contributed by atoms with van der Waals surface area (Å²) in [7, 11) is 0.